The number of aromatic nitrogens is 2. The second-order valence-electron chi connectivity index (χ2n) is 4.01. The van der Waals surface area contributed by atoms with Crippen LogP contribution in [0.3, 0.4) is 0 Å². The molecule has 6 nitrogen and oxygen atoms in total. The van der Waals surface area contributed by atoms with E-state index in [-0.39, 0.29) is 12.5 Å². The Bertz CT molecular complexity index is 466. The topological polar surface area (TPSA) is 81.9 Å². The number of nitrogens with one attached hydrogen (secondary N) is 1. The number of likely N-dealkylation sites (N-methyl/N-ethyl adjacent to an activating group) is 1. The maximum atomic E-state index is 11.6. The van der Waals surface area contributed by atoms with Crippen LogP contribution < -0.4 is 10.2 Å². The number of anilines is 1. The van der Waals surface area contributed by atoms with Gasteiger partial charge in [0.25, 0.3) is 0 Å². The first-order chi connectivity index (χ1) is 8.56. The van der Waals surface area contributed by atoms with E-state index < -0.39 is 0 Å². The van der Waals surface area contributed by atoms with Gasteiger partial charge in [-0.15, -0.1) is 0 Å². The largest absolute Gasteiger partial charge is 0.355 e. The van der Waals surface area contributed by atoms with Gasteiger partial charge in [0, 0.05) is 19.3 Å². The first-order valence-electron chi connectivity index (χ1n) is 5.80. The SMILES string of the molecule is CCCNC(=O)CN(C)c1nc(C)cc(C#N)n1. The van der Waals surface area contributed by atoms with Gasteiger partial charge in [0.15, 0.2) is 0 Å². The molecule has 0 spiro atoms. The Hall–Kier alpha value is -2.16. The highest BCUT2D eigenvalue weighted by atomic mass is 16.2. The van der Waals surface area contributed by atoms with Gasteiger partial charge in [0.1, 0.15) is 11.8 Å². The fraction of sp³-hybridized carbons (Fsp3) is 0.500. The quantitative estimate of drug-likeness (QED) is 0.824. The highest BCUT2D eigenvalue weighted by molar-refractivity contribution is 5.80. The molecule has 0 aliphatic carbocycles. The summed E-state index contributed by atoms with van der Waals surface area (Å²) in [6.45, 7) is 4.61. The number of nitrogens with zero attached hydrogens (tertiary/aromatic N) is 4. The van der Waals surface area contributed by atoms with Crippen molar-refractivity contribution >= 4 is 11.9 Å². The van der Waals surface area contributed by atoms with Crippen LogP contribution in [0.2, 0.25) is 0 Å². The summed E-state index contributed by atoms with van der Waals surface area (Å²) in [5, 5.41) is 11.6. The van der Waals surface area contributed by atoms with Crippen molar-refractivity contribution in [3.63, 3.8) is 0 Å². The maximum Gasteiger partial charge on any atom is 0.239 e. The molecular formula is C12H17N5O. The molecule has 0 atom stereocenters. The van der Waals surface area contributed by atoms with Crippen LogP contribution in [0.15, 0.2) is 6.07 Å². The van der Waals surface area contributed by atoms with Crippen LogP contribution in [-0.4, -0.2) is 36.0 Å². The molecule has 0 unspecified atom stereocenters. The molecule has 1 heterocycles. The van der Waals surface area contributed by atoms with Crippen LogP contribution in [0.5, 0.6) is 0 Å². The number of hydrogen-bond donors (Lipinski definition) is 1. The molecule has 1 rings (SSSR count). The molecule has 0 aliphatic heterocycles. The third-order valence-corrected chi connectivity index (χ3v) is 2.25. The van der Waals surface area contributed by atoms with Crippen molar-refractivity contribution in [3.8, 4) is 6.07 Å². The highest BCUT2D eigenvalue weighted by Crippen LogP contribution is 2.07. The minimum atomic E-state index is -0.0806. The fourth-order valence-corrected chi connectivity index (χ4v) is 1.39. The van der Waals surface area contributed by atoms with Crippen molar-refractivity contribution in [2.45, 2.75) is 20.3 Å². The van der Waals surface area contributed by atoms with Gasteiger partial charge in [-0.25, -0.2) is 9.97 Å². The molecule has 0 aromatic carbocycles. The first-order valence-corrected chi connectivity index (χ1v) is 5.80. The average Bonchev–Trinajstić information content (AvgIpc) is 2.35. The summed E-state index contributed by atoms with van der Waals surface area (Å²) in [6.07, 6.45) is 0.898. The highest BCUT2D eigenvalue weighted by Gasteiger charge is 2.10. The number of rotatable bonds is 5. The van der Waals surface area contributed by atoms with Gasteiger partial charge in [-0.05, 0) is 19.4 Å². The Labute approximate surface area is 107 Å². The monoisotopic (exact) mass is 247 g/mol. The molecule has 1 amide bonds. The van der Waals surface area contributed by atoms with Gasteiger partial charge < -0.3 is 10.2 Å². The number of amides is 1. The zero-order chi connectivity index (χ0) is 13.5. The van der Waals surface area contributed by atoms with E-state index in [1.165, 1.54) is 0 Å². The Kier molecular flexibility index (Phi) is 5.06. The number of nitriles is 1. The lowest BCUT2D eigenvalue weighted by atomic mass is 10.3. The molecule has 1 aromatic heterocycles. The van der Waals surface area contributed by atoms with Gasteiger partial charge in [0.05, 0.1) is 6.54 Å². The molecule has 1 N–H and O–H groups in total. The van der Waals surface area contributed by atoms with Gasteiger partial charge >= 0.3 is 0 Å². The second kappa shape index (κ2) is 6.55. The molecule has 0 saturated carbocycles. The van der Waals surface area contributed by atoms with E-state index in [2.05, 4.69) is 15.3 Å². The standard InChI is InChI=1S/C12H17N5O/c1-4-5-14-11(18)8-17(3)12-15-9(2)6-10(7-13)16-12/h6H,4-5,8H2,1-3H3,(H,14,18). The lowest BCUT2D eigenvalue weighted by molar-refractivity contribution is -0.119. The van der Waals surface area contributed by atoms with Crippen LogP contribution >= 0.6 is 0 Å². The minimum Gasteiger partial charge on any atom is -0.355 e. The molecule has 0 radical (unpaired) electrons. The molecule has 1 aromatic rings. The molecule has 0 saturated heterocycles. The summed E-state index contributed by atoms with van der Waals surface area (Å²) in [5.41, 5.74) is 1.01. The maximum absolute atomic E-state index is 11.6. The fourth-order valence-electron chi connectivity index (χ4n) is 1.39. The van der Waals surface area contributed by atoms with Crippen molar-refractivity contribution in [3.05, 3.63) is 17.5 Å². The van der Waals surface area contributed by atoms with Crippen LogP contribution in [0.25, 0.3) is 0 Å². The van der Waals surface area contributed by atoms with Crippen molar-refractivity contribution in [1.29, 1.82) is 5.26 Å². The summed E-state index contributed by atoms with van der Waals surface area (Å²) in [7, 11) is 1.72. The number of carbonyl (C=O) groups excluding carboxylic acids is 1. The van der Waals surface area contributed by atoms with E-state index in [1.807, 2.05) is 13.0 Å². The Balaban J connectivity index is 2.72. The predicted octanol–water partition coefficient (Wildman–Crippen LogP) is 0.619. The first kappa shape index (κ1) is 13.9. The van der Waals surface area contributed by atoms with Gasteiger partial charge in [-0.2, -0.15) is 5.26 Å². The van der Waals surface area contributed by atoms with E-state index in [0.29, 0.717) is 23.9 Å². The summed E-state index contributed by atoms with van der Waals surface area (Å²) in [5.74, 6) is 0.307. The average molecular weight is 247 g/mol. The van der Waals surface area contributed by atoms with Gasteiger partial charge in [0.2, 0.25) is 11.9 Å². The smallest absolute Gasteiger partial charge is 0.239 e. The lowest BCUT2D eigenvalue weighted by Crippen LogP contribution is -2.36. The number of hydrogen-bond acceptors (Lipinski definition) is 5. The molecule has 0 aliphatic rings. The Morgan fingerprint density at radius 3 is 2.89 bits per heavy atom. The summed E-state index contributed by atoms with van der Waals surface area (Å²) in [4.78, 5) is 21.4. The zero-order valence-corrected chi connectivity index (χ0v) is 10.9. The van der Waals surface area contributed by atoms with Crippen molar-refractivity contribution in [2.24, 2.45) is 0 Å². The predicted molar refractivity (Wildman–Crippen MR) is 68.1 cm³/mol. The third kappa shape index (κ3) is 4.01. The van der Waals surface area contributed by atoms with E-state index >= 15 is 0 Å². The lowest BCUT2D eigenvalue weighted by Gasteiger charge is -2.16. The van der Waals surface area contributed by atoms with Gasteiger partial charge in [-0.1, -0.05) is 6.92 Å². The van der Waals surface area contributed by atoms with Gasteiger partial charge in [-0.3, -0.25) is 4.79 Å². The van der Waals surface area contributed by atoms with Crippen molar-refractivity contribution in [1.82, 2.24) is 15.3 Å². The van der Waals surface area contributed by atoms with Crippen molar-refractivity contribution in [2.75, 3.05) is 25.0 Å². The minimum absolute atomic E-state index is 0.0806. The summed E-state index contributed by atoms with van der Waals surface area (Å²) in [6, 6.07) is 3.58. The molecule has 96 valence electrons. The zero-order valence-electron chi connectivity index (χ0n) is 10.9. The van der Waals surface area contributed by atoms with Crippen molar-refractivity contribution < 1.29 is 4.79 Å². The van der Waals surface area contributed by atoms with Crippen LogP contribution in [-0.2, 0) is 4.79 Å². The van der Waals surface area contributed by atoms with Crippen LogP contribution in [0, 0.1) is 18.3 Å². The molecule has 18 heavy (non-hydrogen) atoms. The van der Waals surface area contributed by atoms with E-state index in [9.17, 15) is 4.79 Å². The second-order valence-corrected chi connectivity index (χ2v) is 4.01. The van der Waals surface area contributed by atoms with Crippen LogP contribution in [0.4, 0.5) is 5.95 Å². The Morgan fingerprint density at radius 1 is 1.56 bits per heavy atom. The molecule has 0 fully saturated rings. The Morgan fingerprint density at radius 2 is 2.28 bits per heavy atom. The van der Waals surface area contributed by atoms with E-state index in [1.54, 1.807) is 24.9 Å². The number of aryl methyl sites for hydroxylation is 1. The molecular weight excluding hydrogens is 230 g/mol. The summed E-state index contributed by atoms with van der Waals surface area (Å²) >= 11 is 0. The molecule has 6 heteroatoms. The van der Waals surface area contributed by atoms with E-state index in [0.717, 1.165) is 6.42 Å². The normalized spacial score (nSPS) is 9.67. The van der Waals surface area contributed by atoms with E-state index in [4.69, 9.17) is 5.26 Å². The van der Waals surface area contributed by atoms with Crippen LogP contribution in [0.1, 0.15) is 24.7 Å². The number of carbonyl (C=O) groups is 1. The third-order valence-electron chi connectivity index (χ3n) is 2.25. The molecule has 0 bridgehead atoms. The summed E-state index contributed by atoms with van der Waals surface area (Å²) < 4.78 is 0.